The number of ether oxygens (including phenoxy) is 1. The zero-order chi connectivity index (χ0) is 22.0. The molecule has 6 heteroatoms. The highest BCUT2D eigenvalue weighted by molar-refractivity contribution is 5.52. The van der Waals surface area contributed by atoms with Gasteiger partial charge in [-0.2, -0.15) is 0 Å². The molecule has 0 spiro atoms. The van der Waals surface area contributed by atoms with Gasteiger partial charge >= 0.3 is 0 Å². The third kappa shape index (κ3) is 3.68. The number of hydrogen-bond acceptors (Lipinski definition) is 6. The molecule has 6 nitrogen and oxygen atoms in total. The normalized spacial score (nSPS) is 27.6. The van der Waals surface area contributed by atoms with Crippen molar-refractivity contribution in [1.82, 2.24) is 0 Å². The lowest BCUT2D eigenvalue weighted by molar-refractivity contribution is -0.299. The molecule has 1 saturated heterocycles. The summed E-state index contributed by atoms with van der Waals surface area (Å²) in [5.74, 6) is 0. The number of aliphatic hydroxyl groups excluding tert-OH is 5. The summed E-state index contributed by atoms with van der Waals surface area (Å²) in [4.78, 5) is 0. The van der Waals surface area contributed by atoms with E-state index in [9.17, 15) is 25.5 Å². The van der Waals surface area contributed by atoms with Crippen LogP contribution < -0.4 is 0 Å². The Morgan fingerprint density at radius 1 is 0.581 bits per heavy atom. The van der Waals surface area contributed by atoms with Crippen LogP contribution in [0.5, 0.6) is 0 Å². The van der Waals surface area contributed by atoms with E-state index in [2.05, 4.69) is 0 Å². The molecule has 0 radical (unpaired) electrons. The molecular formula is C25H26O6. The topological polar surface area (TPSA) is 110 Å². The average molecular weight is 422 g/mol. The van der Waals surface area contributed by atoms with Gasteiger partial charge in [0.25, 0.3) is 0 Å². The second-order valence-electron chi connectivity index (χ2n) is 7.81. The first-order valence-electron chi connectivity index (χ1n) is 10.2. The second kappa shape index (κ2) is 8.88. The highest BCUT2D eigenvalue weighted by atomic mass is 16.6. The van der Waals surface area contributed by atoms with Crippen molar-refractivity contribution in [3.63, 3.8) is 0 Å². The molecule has 0 amide bonds. The van der Waals surface area contributed by atoms with Crippen LogP contribution >= 0.6 is 0 Å². The van der Waals surface area contributed by atoms with E-state index in [0.717, 1.165) is 16.7 Å². The van der Waals surface area contributed by atoms with Crippen LogP contribution in [0.4, 0.5) is 0 Å². The fraction of sp³-hybridized carbons (Fsp3) is 0.280. The Hall–Kier alpha value is -2.58. The predicted octanol–water partition coefficient (Wildman–Crippen LogP) is 1.18. The van der Waals surface area contributed by atoms with Gasteiger partial charge < -0.3 is 30.3 Å². The molecule has 162 valence electrons. The second-order valence-corrected chi connectivity index (χ2v) is 7.81. The van der Waals surface area contributed by atoms with Gasteiger partial charge in [-0.25, -0.2) is 0 Å². The first-order valence-corrected chi connectivity index (χ1v) is 10.2. The van der Waals surface area contributed by atoms with Crippen molar-refractivity contribution in [3.8, 4) is 0 Å². The van der Waals surface area contributed by atoms with Crippen LogP contribution in [-0.2, 0) is 10.2 Å². The third-order valence-corrected chi connectivity index (χ3v) is 6.07. The molecule has 4 rings (SSSR count). The third-order valence-electron chi connectivity index (χ3n) is 6.07. The smallest absolute Gasteiger partial charge is 0.184 e. The van der Waals surface area contributed by atoms with Gasteiger partial charge in [-0.15, -0.1) is 0 Å². The van der Waals surface area contributed by atoms with E-state index in [1.54, 1.807) is 0 Å². The summed E-state index contributed by atoms with van der Waals surface area (Å²) in [6, 6.07) is 28.0. The van der Waals surface area contributed by atoms with Crippen LogP contribution in [-0.4, -0.2) is 62.3 Å². The van der Waals surface area contributed by atoms with Crippen molar-refractivity contribution in [2.75, 3.05) is 0 Å². The lowest BCUT2D eigenvalue weighted by atomic mass is 9.63. The van der Waals surface area contributed by atoms with Crippen LogP contribution in [0.3, 0.4) is 0 Å². The monoisotopic (exact) mass is 422 g/mol. The van der Waals surface area contributed by atoms with Gasteiger partial charge in [-0.05, 0) is 16.7 Å². The van der Waals surface area contributed by atoms with Crippen molar-refractivity contribution in [2.45, 2.75) is 42.2 Å². The molecular weight excluding hydrogens is 396 g/mol. The number of rotatable bonds is 5. The summed E-state index contributed by atoms with van der Waals surface area (Å²) in [5.41, 5.74) is 1.03. The average Bonchev–Trinajstić information content (AvgIpc) is 2.82. The number of benzene rings is 3. The van der Waals surface area contributed by atoms with Crippen LogP contribution in [0, 0.1) is 0 Å². The molecule has 0 saturated carbocycles. The Labute approximate surface area is 180 Å². The maximum atomic E-state index is 11.8. The predicted molar refractivity (Wildman–Crippen MR) is 114 cm³/mol. The first kappa shape index (κ1) is 21.6. The Balaban J connectivity index is 1.96. The van der Waals surface area contributed by atoms with Crippen molar-refractivity contribution in [1.29, 1.82) is 0 Å². The van der Waals surface area contributed by atoms with Crippen LogP contribution in [0.25, 0.3) is 0 Å². The van der Waals surface area contributed by atoms with Gasteiger partial charge in [-0.1, -0.05) is 91.0 Å². The summed E-state index contributed by atoms with van der Waals surface area (Å²) < 4.78 is 5.46. The van der Waals surface area contributed by atoms with Crippen LogP contribution in [0.1, 0.15) is 16.7 Å². The van der Waals surface area contributed by atoms with Crippen molar-refractivity contribution >= 4 is 0 Å². The van der Waals surface area contributed by atoms with E-state index in [0.29, 0.717) is 0 Å². The first-order chi connectivity index (χ1) is 15.0. The quantitative estimate of drug-likeness (QED) is 0.395. The summed E-state index contributed by atoms with van der Waals surface area (Å²) >= 11 is 0. The maximum Gasteiger partial charge on any atom is 0.184 e. The van der Waals surface area contributed by atoms with E-state index in [1.165, 1.54) is 0 Å². The zero-order valence-electron chi connectivity index (χ0n) is 16.8. The molecule has 1 unspecified atom stereocenters. The standard InChI is InChI=1S/C25H26O6/c26-19-20(27)22(31-24(30)21(19)28)23(29)25(16-10-4-1-5-11-16,17-12-6-2-7-13-17)18-14-8-3-9-15-18/h1-15,19-24,26-30H/t19-,20-,21+,22-,23?,24-/m0/s1. The van der Waals surface area contributed by atoms with Gasteiger partial charge in [0, 0.05) is 0 Å². The molecule has 31 heavy (non-hydrogen) atoms. The van der Waals surface area contributed by atoms with E-state index < -0.39 is 42.2 Å². The van der Waals surface area contributed by atoms with E-state index in [-0.39, 0.29) is 0 Å². The summed E-state index contributed by atoms with van der Waals surface area (Å²) in [5, 5.41) is 52.8. The van der Waals surface area contributed by atoms with Crippen molar-refractivity contribution in [2.24, 2.45) is 0 Å². The maximum absolute atomic E-state index is 11.8. The van der Waals surface area contributed by atoms with Gasteiger partial charge in [0.15, 0.2) is 6.29 Å². The Kier molecular flexibility index (Phi) is 6.20. The molecule has 1 aliphatic heterocycles. The highest BCUT2D eigenvalue weighted by Crippen LogP contribution is 2.45. The lowest BCUT2D eigenvalue weighted by Crippen LogP contribution is -2.64. The molecule has 0 aromatic heterocycles. The molecule has 0 aliphatic carbocycles. The van der Waals surface area contributed by atoms with Gasteiger partial charge in [0.05, 0.1) is 5.41 Å². The van der Waals surface area contributed by atoms with Gasteiger partial charge in [0.2, 0.25) is 0 Å². The molecule has 5 N–H and O–H groups in total. The molecule has 3 aromatic carbocycles. The molecule has 1 fully saturated rings. The fourth-order valence-corrected chi connectivity index (χ4v) is 4.51. The van der Waals surface area contributed by atoms with E-state index >= 15 is 0 Å². The Morgan fingerprint density at radius 2 is 0.968 bits per heavy atom. The minimum Gasteiger partial charge on any atom is -0.389 e. The van der Waals surface area contributed by atoms with Crippen molar-refractivity contribution in [3.05, 3.63) is 108 Å². The lowest BCUT2D eigenvalue weighted by Gasteiger charge is -2.47. The summed E-state index contributed by atoms with van der Waals surface area (Å²) in [6.07, 6.45) is -9.54. The summed E-state index contributed by atoms with van der Waals surface area (Å²) in [6.45, 7) is 0. The highest BCUT2D eigenvalue weighted by Gasteiger charge is 2.54. The molecule has 0 bridgehead atoms. The molecule has 1 heterocycles. The largest absolute Gasteiger partial charge is 0.389 e. The summed E-state index contributed by atoms with van der Waals surface area (Å²) in [7, 11) is 0. The molecule has 1 aliphatic rings. The SMILES string of the molecule is OC([C@H]1O[C@H](O)[C@H](O)[C@@H](O)[C@@H]1O)C(c1ccccc1)(c1ccccc1)c1ccccc1. The Morgan fingerprint density at radius 3 is 1.35 bits per heavy atom. The van der Waals surface area contributed by atoms with Gasteiger partial charge in [0.1, 0.15) is 30.5 Å². The fourth-order valence-electron chi connectivity index (χ4n) is 4.51. The van der Waals surface area contributed by atoms with E-state index in [4.69, 9.17) is 4.74 Å². The van der Waals surface area contributed by atoms with Crippen molar-refractivity contribution < 1.29 is 30.3 Å². The minimum absolute atomic E-state index is 0.741. The number of aliphatic hydroxyl groups is 5. The van der Waals surface area contributed by atoms with Gasteiger partial charge in [-0.3, -0.25) is 0 Å². The van der Waals surface area contributed by atoms with Crippen LogP contribution in [0.15, 0.2) is 91.0 Å². The zero-order valence-corrected chi connectivity index (χ0v) is 16.8. The van der Waals surface area contributed by atoms with E-state index in [1.807, 2.05) is 91.0 Å². The minimum atomic E-state index is -1.75. The molecule has 3 aromatic rings. The van der Waals surface area contributed by atoms with Crippen LogP contribution in [0.2, 0.25) is 0 Å². The number of hydrogen-bond donors (Lipinski definition) is 5. The Bertz CT molecular complexity index is 868. The molecule has 6 atom stereocenters.